The van der Waals surface area contributed by atoms with Crippen molar-refractivity contribution in [1.29, 1.82) is 0 Å². The lowest BCUT2D eigenvalue weighted by Gasteiger charge is -2.07. The molecule has 0 amide bonds. The molecule has 0 aliphatic heterocycles. The average Bonchev–Trinajstić information content (AvgIpc) is 2.75. The minimum atomic E-state index is 0.0574. The molecule has 19 heavy (non-hydrogen) atoms. The van der Waals surface area contributed by atoms with Gasteiger partial charge in [-0.3, -0.25) is 4.68 Å². The monoisotopic (exact) mass is 278 g/mol. The lowest BCUT2D eigenvalue weighted by molar-refractivity contribution is 0.279. The zero-order valence-corrected chi connectivity index (χ0v) is 12.1. The predicted octanol–water partition coefficient (Wildman–Crippen LogP) is 3.20. The minimum absolute atomic E-state index is 0.0574. The fourth-order valence-corrected chi connectivity index (χ4v) is 2.60. The Morgan fingerprint density at radius 2 is 2.05 bits per heavy atom. The lowest BCUT2D eigenvalue weighted by atomic mass is 10.1. The largest absolute Gasteiger partial charge is 0.392 e. The van der Waals surface area contributed by atoms with Gasteiger partial charge in [-0.2, -0.15) is 5.10 Å². The number of hydrogen-bond donors (Lipinski definition) is 1. The summed E-state index contributed by atoms with van der Waals surface area (Å²) < 4.78 is 1.98. The first-order chi connectivity index (χ1) is 9.19. The molecule has 4 heteroatoms. The Kier molecular flexibility index (Phi) is 4.61. The van der Waals surface area contributed by atoms with Crippen LogP contribution < -0.4 is 0 Å². The summed E-state index contributed by atoms with van der Waals surface area (Å²) in [4.78, 5) is 0. The fourth-order valence-electron chi connectivity index (χ4n) is 2.39. The van der Waals surface area contributed by atoms with E-state index in [2.05, 4.69) is 18.9 Å². The summed E-state index contributed by atoms with van der Waals surface area (Å²) in [5.74, 6) is 0. The number of rotatable bonds is 5. The van der Waals surface area contributed by atoms with Crippen molar-refractivity contribution >= 4 is 11.6 Å². The van der Waals surface area contributed by atoms with Crippen molar-refractivity contribution in [1.82, 2.24) is 9.78 Å². The number of aromatic nitrogens is 2. The topological polar surface area (TPSA) is 38.0 Å². The molecule has 0 bridgehead atoms. The summed E-state index contributed by atoms with van der Waals surface area (Å²) in [5, 5.41) is 14.9. The van der Waals surface area contributed by atoms with E-state index in [0.717, 1.165) is 40.4 Å². The van der Waals surface area contributed by atoms with Crippen molar-refractivity contribution in [2.45, 2.75) is 39.8 Å². The quantitative estimate of drug-likeness (QED) is 0.912. The van der Waals surface area contributed by atoms with Crippen LogP contribution in [0.2, 0.25) is 5.02 Å². The normalized spacial score (nSPS) is 10.9. The number of aliphatic hydroxyl groups is 1. The number of aryl methyl sites for hydroxylation is 1. The number of benzene rings is 1. The first kappa shape index (κ1) is 14.1. The Morgan fingerprint density at radius 3 is 2.63 bits per heavy atom. The molecule has 2 rings (SSSR count). The van der Waals surface area contributed by atoms with Gasteiger partial charge in [0.25, 0.3) is 0 Å². The molecule has 0 spiro atoms. The molecule has 0 saturated heterocycles. The molecule has 0 fully saturated rings. The molecule has 1 aromatic carbocycles. The lowest BCUT2D eigenvalue weighted by Crippen LogP contribution is -2.06. The van der Waals surface area contributed by atoms with Crippen LogP contribution in [0.3, 0.4) is 0 Å². The summed E-state index contributed by atoms with van der Waals surface area (Å²) >= 11 is 6.01. The van der Waals surface area contributed by atoms with Crippen LogP contribution in [-0.4, -0.2) is 14.9 Å². The third kappa shape index (κ3) is 2.99. The summed E-state index contributed by atoms with van der Waals surface area (Å²) in [6.45, 7) is 4.90. The number of nitrogens with zero attached hydrogens (tertiary/aromatic N) is 2. The Hall–Kier alpha value is -1.32. The van der Waals surface area contributed by atoms with Crippen molar-refractivity contribution in [3.8, 4) is 0 Å². The van der Waals surface area contributed by atoms with Gasteiger partial charge in [0.1, 0.15) is 0 Å². The van der Waals surface area contributed by atoms with Gasteiger partial charge in [0.15, 0.2) is 0 Å². The van der Waals surface area contributed by atoms with E-state index in [1.54, 1.807) is 0 Å². The Bertz CT molecular complexity index is 563. The third-order valence-corrected chi connectivity index (χ3v) is 3.53. The molecule has 0 unspecified atom stereocenters. The fraction of sp³-hybridized carbons (Fsp3) is 0.400. The zero-order valence-electron chi connectivity index (χ0n) is 11.4. The maximum atomic E-state index is 9.51. The second-order valence-electron chi connectivity index (χ2n) is 4.52. The van der Waals surface area contributed by atoms with Crippen molar-refractivity contribution in [2.24, 2.45) is 0 Å². The van der Waals surface area contributed by atoms with Crippen LogP contribution >= 0.6 is 11.6 Å². The van der Waals surface area contributed by atoms with Gasteiger partial charge in [0, 0.05) is 16.3 Å². The molecule has 1 aromatic heterocycles. The molecular formula is C15H19ClN2O. The van der Waals surface area contributed by atoms with E-state index in [1.807, 2.05) is 28.9 Å². The van der Waals surface area contributed by atoms with E-state index >= 15 is 0 Å². The summed E-state index contributed by atoms with van der Waals surface area (Å²) in [6, 6.07) is 7.80. The summed E-state index contributed by atoms with van der Waals surface area (Å²) in [6.07, 6.45) is 1.70. The molecule has 0 saturated carbocycles. The highest BCUT2D eigenvalue weighted by Crippen LogP contribution is 2.19. The molecule has 2 aromatic rings. The van der Waals surface area contributed by atoms with Gasteiger partial charge in [-0.1, -0.05) is 37.6 Å². The van der Waals surface area contributed by atoms with Crippen molar-refractivity contribution in [2.75, 3.05) is 0 Å². The molecule has 3 nitrogen and oxygen atoms in total. The number of halogens is 1. The Balaban J connectivity index is 2.37. The molecule has 0 aliphatic rings. The van der Waals surface area contributed by atoms with E-state index in [9.17, 15) is 5.11 Å². The highest BCUT2D eigenvalue weighted by Gasteiger charge is 2.14. The highest BCUT2D eigenvalue weighted by atomic mass is 35.5. The van der Waals surface area contributed by atoms with Crippen LogP contribution in [0.25, 0.3) is 0 Å². The first-order valence-corrected chi connectivity index (χ1v) is 7.00. The van der Waals surface area contributed by atoms with Crippen molar-refractivity contribution in [3.05, 3.63) is 51.8 Å². The summed E-state index contributed by atoms with van der Waals surface area (Å²) in [7, 11) is 0. The second kappa shape index (κ2) is 6.22. The molecule has 1 heterocycles. The van der Waals surface area contributed by atoms with E-state index < -0.39 is 0 Å². The molecule has 102 valence electrons. The zero-order chi connectivity index (χ0) is 13.8. The van der Waals surface area contributed by atoms with Gasteiger partial charge in [-0.05, 0) is 30.5 Å². The van der Waals surface area contributed by atoms with E-state index in [-0.39, 0.29) is 6.61 Å². The van der Waals surface area contributed by atoms with Crippen LogP contribution in [0.1, 0.15) is 36.4 Å². The maximum absolute atomic E-state index is 9.51. The molecule has 0 radical (unpaired) electrons. The standard InChI is InChI=1S/C15H19ClN2O/c1-3-14-13(10-19)15(4-2)18(17-14)9-11-6-5-7-12(16)8-11/h5-8,19H,3-4,9-10H2,1-2H3. The average molecular weight is 279 g/mol. The van der Waals surface area contributed by atoms with E-state index in [0.29, 0.717) is 6.54 Å². The number of hydrogen-bond acceptors (Lipinski definition) is 2. The second-order valence-corrected chi connectivity index (χ2v) is 4.96. The molecule has 0 aliphatic carbocycles. The van der Waals surface area contributed by atoms with Crippen LogP contribution in [0, 0.1) is 0 Å². The first-order valence-electron chi connectivity index (χ1n) is 6.62. The van der Waals surface area contributed by atoms with Crippen LogP contribution in [0.5, 0.6) is 0 Å². The Labute approximate surface area is 118 Å². The van der Waals surface area contributed by atoms with Gasteiger partial charge in [0.05, 0.1) is 18.8 Å². The van der Waals surface area contributed by atoms with Gasteiger partial charge < -0.3 is 5.11 Å². The van der Waals surface area contributed by atoms with Crippen LogP contribution in [0.4, 0.5) is 0 Å². The summed E-state index contributed by atoms with van der Waals surface area (Å²) in [5.41, 5.74) is 4.20. The molecular weight excluding hydrogens is 260 g/mol. The van der Waals surface area contributed by atoms with E-state index in [1.165, 1.54) is 0 Å². The van der Waals surface area contributed by atoms with Crippen molar-refractivity contribution < 1.29 is 5.11 Å². The minimum Gasteiger partial charge on any atom is -0.392 e. The van der Waals surface area contributed by atoms with Crippen LogP contribution in [0.15, 0.2) is 24.3 Å². The van der Waals surface area contributed by atoms with Crippen molar-refractivity contribution in [3.63, 3.8) is 0 Å². The van der Waals surface area contributed by atoms with Gasteiger partial charge in [0.2, 0.25) is 0 Å². The Morgan fingerprint density at radius 1 is 1.26 bits per heavy atom. The SMILES string of the molecule is CCc1nn(Cc2cccc(Cl)c2)c(CC)c1CO. The van der Waals surface area contributed by atoms with E-state index in [4.69, 9.17) is 11.6 Å². The molecule has 0 atom stereocenters. The highest BCUT2D eigenvalue weighted by molar-refractivity contribution is 6.30. The molecule has 1 N–H and O–H groups in total. The van der Waals surface area contributed by atoms with Gasteiger partial charge >= 0.3 is 0 Å². The predicted molar refractivity (Wildman–Crippen MR) is 77.5 cm³/mol. The third-order valence-electron chi connectivity index (χ3n) is 3.30. The smallest absolute Gasteiger partial charge is 0.0718 e. The van der Waals surface area contributed by atoms with Gasteiger partial charge in [-0.15, -0.1) is 0 Å². The van der Waals surface area contributed by atoms with Crippen LogP contribution in [-0.2, 0) is 26.0 Å². The number of aliphatic hydroxyl groups excluding tert-OH is 1. The van der Waals surface area contributed by atoms with Gasteiger partial charge in [-0.25, -0.2) is 0 Å². The maximum Gasteiger partial charge on any atom is 0.0718 e.